The molecule has 4 bridgehead atoms. The summed E-state index contributed by atoms with van der Waals surface area (Å²) >= 11 is 6.76. The van der Waals surface area contributed by atoms with Gasteiger partial charge in [-0.1, -0.05) is 0 Å². The molecule has 0 aromatic carbocycles. The zero-order valence-corrected chi connectivity index (χ0v) is 12.4. The summed E-state index contributed by atoms with van der Waals surface area (Å²) in [4.78, 5) is 12.6. The highest BCUT2D eigenvalue weighted by Gasteiger charge is 2.60. The van der Waals surface area contributed by atoms with Crippen LogP contribution in [-0.4, -0.2) is 16.3 Å². The number of alkyl halides is 1. The van der Waals surface area contributed by atoms with E-state index >= 15 is 0 Å². The Kier molecular flexibility index (Phi) is 2.59. The smallest absolute Gasteiger partial charge is 0.226 e. The molecule has 102 valence electrons. The topological polar surface area (TPSA) is 29.1 Å². The van der Waals surface area contributed by atoms with E-state index in [0.717, 1.165) is 32.1 Å². The summed E-state index contributed by atoms with van der Waals surface area (Å²) in [5, 5.41) is 3.20. The highest BCUT2D eigenvalue weighted by atomic mass is 35.5. The monoisotopic (exact) mass is 269 g/mol. The fraction of sp³-hybridized carbons (Fsp3) is 0.933. The van der Waals surface area contributed by atoms with Crippen molar-refractivity contribution in [3.05, 3.63) is 0 Å². The minimum Gasteiger partial charge on any atom is -0.351 e. The third-order valence-corrected chi connectivity index (χ3v) is 5.40. The lowest BCUT2D eigenvalue weighted by molar-refractivity contribution is -0.146. The van der Waals surface area contributed by atoms with E-state index in [0.29, 0.717) is 11.8 Å². The van der Waals surface area contributed by atoms with E-state index in [1.807, 2.05) is 0 Å². The van der Waals surface area contributed by atoms with E-state index in [1.165, 1.54) is 6.42 Å². The van der Waals surface area contributed by atoms with Crippen LogP contribution in [0.4, 0.5) is 0 Å². The number of rotatable bonds is 1. The summed E-state index contributed by atoms with van der Waals surface area (Å²) in [5.41, 5.74) is -0.293. The maximum Gasteiger partial charge on any atom is 0.226 e. The number of hydrogen-bond donors (Lipinski definition) is 1. The Hall–Kier alpha value is -0.240. The van der Waals surface area contributed by atoms with Gasteiger partial charge in [-0.25, -0.2) is 0 Å². The number of carbonyl (C=O) groups is 1. The molecule has 1 amide bonds. The Balaban J connectivity index is 1.85. The van der Waals surface area contributed by atoms with Gasteiger partial charge in [0.1, 0.15) is 0 Å². The van der Waals surface area contributed by atoms with Crippen molar-refractivity contribution in [2.45, 2.75) is 69.7 Å². The maximum atomic E-state index is 12.7. The zero-order chi connectivity index (χ0) is 13.2. The lowest BCUT2D eigenvalue weighted by Gasteiger charge is -2.59. The molecule has 4 saturated carbocycles. The minimum atomic E-state index is -0.154. The molecule has 0 heterocycles. The Morgan fingerprint density at radius 2 is 1.72 bits per heavy atom. The number of carbonyl (C=O) groups excluding carboxylic acids is 1. The summed E-state index contributed by atoms with van der Waals surface area (Å²) in [6, 6.07) is 0. The van der Waals surface area contributed by atoms with Gasteiger partial charge in [0.2, 0.25) is 5.91 Å². The van der Waals surface area contributed by atoms with Crippen molar-refractivity contribution < 1.29 is 4.79 Å². The van der Waals surface area contributed by atoms with E-state index in [4.69, 9.17) is 11.6 Å². The maximum absolute atomic E-state index is 12.7. The van der Waals surface area contributed by atoms with Crippen molar-refractivity contribution in [1.82, 2.24) is 5.32 Å². The highest BCUT2D eigenvalue weighted by molar-refractivity contribution is 6.24. The van der Waals surface area contributed by atoms with Crippen molar-refractivity contribution in [3.63, 3.8) is 0 Å². The van der Waals surface area contributed by atoms with Crippen LogP contribution >= 0.6 is 11.6 Å². The first-order chi connectivity index (χ1) is 8.20. The average molecular weight is 270 g/mol. The summed E-state index contributed by atoms with van der Waals surface area (Å²) < 4.78 is 0. The summed E-state index contributed by atoms with van der Waals surface area (Å²) in [6.45, 7) is 6.17. The summed E-state index contributed by atoms with van der Waals surface area (Å²) in [6.07, 6.45) is 6.61. The Morgan fingerprint density at radius 1 is 1.17 bits per heavy atom. The normalized spacial score (nSPS) is 46.2. The molecular weight excluding hydrogens is 246 g/mol. The first-order valence-electron chi connectivity index (χ1n) is 7.21. The molecule has 4 rings (SSSR count). The first kappa shape index (κ1) is 12.8. The molecule has 0 radical (unpaired) electrons. The fourth-order valence-electron chi connectivity index (χ4n) is 4.89. The van der Waals surface area contributed by atoms with Crippen LogP contribution < -0.4 is 5.32 Å². The number of halogens is 1. The molecule has 2 nitrogen and oxygen atoms in total. The molecule has 0 saturated heterocycles. The van der Waals surface area contributed by atoms with Crippen LogP contribution in [0.1, 0.15) is 59.3 Å². The van der Waals surface area contributed by atoms with Crippen molar-refractivity contribution in [2.24, 2.45) is 17.3 Å². The van der Waals surface area contributed by atoms with E-state index in [-0.39, 0.29) is 21.7 Å². The number of nitrogens with one attached hydrogen (secondary N) is 1. The molecule has 0 aromatic heterocycles. The largest absolute Gasteiger partial charge is 0.351 e. The second-order valence-electron chi connectivity index (χ2n) is 8.10. The Bertz CT molecular complexity index is 370. The lowest BCUT2D eigenvalue weighted by atomic mass is 9.49. The first-order valence-corrected chi connectivity index (χ1v) is 7.59. The van der Waals surface area contributed by atoms with E-state index in [1.54, 1.807) is 0 Å². The average Bonchev–Trinajstić information content (AvgIpc) is 2.09. The van der Waals surface area contributed by atoms with Crippen LogP contribution in [0.3, 0.4) is 0 Å². The molecule has 0 unspecified atom stereocenters. The van der Waals surface area contributed by atoms with Crippen LogP contribution in [0.25, 0.3) is 0 Å². The van der Waals surface area contributed by atoms with Crippen LogP contribution in [0.5, 0.6) is 0 Å². The molecular formula is C15H24ClNO. The molecule has 3 heteroatoms. The van der Waals surface area contributed by atoms with Gasteiger partial charge in [0, 0.05) is 10.4 Å². The molecule has 4 fully saturated rings. The van der Waals surface area contributed by atoms with Gasteiger partial charge in [-0.2, -0.15) is 0 Å². The fourth-order valence-corrected chi connectivity index (χ4v) is 5.58. The van der Waals surface area contributed by atoms with Crippen molar-refractivity contribution in [2.75, 3.05) is 0 Å². The van der Waals surface area contributed by atoms with Crippen LogP contribution in [-0.2, 0) is 4.79 Å². The predicted octanol–water partition coefficient (Wildman–Crippen LogP) is 3.48. The minimum absolute atomic E-state index is 0.0701. The SMILES string of the molecule is CC(C)(C)NC(=O)C12C[C@H]3C[C@@H](CC(Cl)(C3)C1)C2. The Morgan fingerprint density at radius 3 is 2.17 bits per heavy atom. The standard InChI is InChI=1S/C15H24ClNO/c1-13(2,3)17-12(18)14-5-10-4-11(6-14)8-15(16,7-10)9-14/h10-11H,4-9H2,1-3H3,(H,17,18)/t10-,11-,14?,15?/m1/s1. The zero-order valence-electron chi connectivity index (χ0n) is 11.7. The molecule has 4 aliphatic carbocycles. The number of hydrogen-bond acceptors (Lipinski definition) is 1. The summed E-state index contributed by atoms with van der Waals surface area (Å²) in [5.74, 6) is 1.64. The second kappa shape index (κ2) is 3.65. The van der Waals surface area contributed by atoms with Gasteiger partial charge in [0.25, 0.3) is 0 Å². The van der Waals surface area contributed by atoms with E-state index in [2.05, 4.69) is 26.1 Å². The van der Waals surface area contributed by atoms with Crippen molar-refractivity contribution >= 4 is 17.5 Å². The van der Waals surface area contributed by atoms with Gasteiger partial charge >= 0.3 is 0 Å². The quantitative estimate of drug-likeness (QED) is 0.726. The molecule has 0 spiro atoms. The van der Waals surface area contributed by atoms with Gasteiger partial charge in [-0.05, 0) is 71.1 Å². The molecule has 18 heavy (non-hydrogen) atoms. The van der Waals surface area contributed by atoms with Crippen molar-refractivity contribution in [1.29, 1.82) is 0 Å². The highest BCUT2D eigenvalue weighted by Crippen LogP contribution is 2.63. The van der Waals surface area contributed by atoms with Gasteiger partial charge in [0.05, 0.1) is 5.41 Å². The van der Waals surface area contributed by atoms with Gasteiger partial charge in [-0.3, -0.25) is 4.79 Å². The molecule has 0 aliphatic heterocycles. The van der Waals surface area contributed by atoms with Gasteiger partial charge in [0.15, 0.2) is 0 Å². The molecule has 2 atom stereocenters. The molecule has 4 aliphatic rings. The van der Waals surface area contributed by atoms with E-state index in [9.17, 15) is 4.79 Å². The van der Waals surface area contributed by atoms with Gasteiger partial charge < -0.3 is 5.32 Å². The Labute approximate surface area is 115 Å². The lowest BCUT2D eigenvalue weighted by Crippen LogP contribution is -2.60. The van der Waals surface area contributed by atoms with Crippen LogP contribution in [0, 0.1) is 17.3 Å². The van der Waals surface area contributed by atoms with Gasteiger partial charge in [-0.15, -0.1) is 11.6 Å². The molecule has 0 aromatic rings. The molecule has 1 N–H and O–H groups in total. The second-order valence-corrected chi connectivity index (χ2v) is 8.90. The van der Waals surface area contributed by atoms with Crippen LogP contribution in [0.2, 0.25) is 0 Å². The third kappa shape index (κ3) is 2.07. The summed E-state index contributed by atoms with van der Waals surface area (Å²) in [7, 11) is 0. The number of amides is 1. The third-order valence-electron chi connectivity index (χ3n) is 4.96. The van der Waals surface area contributed by atoms with Crippen LogP contribution in [0.15, 0.2) is 0 Å². The predicted molar refractivity (Wildman–Crippen MR) is 73.6 cm³/mol. The van der Waals surface area contributed by atoms with E-state index < -0.39 is 0 Å². The van der Waals surface area contributed by atoms with Crippen molar-refractivity contribution in [3.8, 4) is 0 Å².